The SMILES string of the molecule is COc1ccc(-c2cc(NCC(=O)O)ncn2)cc1C. The largest absolute Gasteiger partial charge is 0.496 e. The van der Waals surface area contributed by atoms with E-state index in [9.17, 15) is 4.79 Å². The number of methoxy groups -OCH3 is 1. The average Bonchev–Trinajstić information content (AvgIpc) is 2.45. The van der Waals surface area contributed by atoms with E-state index in [0.29, 0.717) is 5.82 Å². The van der Waals surface area contributed by atoms with E-state index in [-0.39, 0.29) is 6.54 Å². The lowest BCUT2D eigenvalue weighted by molar-refractivity contribution is -0.134. The number of hydrogen-bond acceptors (Lipinski definition) is 5. The number of nitrogens with zero attached hydrogens (tertiary/aromatic N) is 2. The van der Waals surface area contributed by atoms with Crippen molar-refractivity contribution in [1.29, 1.82) is 0 Å². The van der Waals surface area contributed by atoms with Crippen LogP contribution in [0.2, 0.25) is 0 Å². The van der Waals surface area contributed by atoms with E-state index in [0.717, 1.165) is 22.6 Å². The van der Waals surface area contributed by atoms with Crippen molar-refractivity contribution in [3.63, 3.8) is 0 Å². The second-order valence-corrected chi connectivity index (χ2v) is 4.22. The molecule has 0 radical (unpaired) electrons. The first-order valence-corrected chi connectivity index (χ1v) is 6.03. The average molecular weight is 273 g/mol. The Morgan fingerprint density at radius 2 is 2.15 bits per heavy atom. The Kier molecular flexibility index (Phi) is 4.14. The van der Waals surface area contributed by atoms with Gasteiger partial charge in [-0.1, -0.05) is 0 Å². The van der Waals surface area contributed by atoms with Crippen LogP contribution in [0, 0.1) is 6.92 Å². The molecule has 1 heterocycles. The maximum Gasteiger partial charge on any atom is 0.322 e. The Morgan fingerprint density at radius 3 is 2.80 bits per heavy atom. The molecule has 0 saturated heterocycles. The monoisotopic (exact) mass is 273 g/mol. The first-order chi connectivity index (χ1) is 9.60. The molecule has 2 N–H and O–H groups in total. The summed E-state index contributed by atoms with van der Waals surface area (Å²) < 4.78 is 5.21. The van der Waals surface area contributed by atoms with Crippen LogP contribution in [0.4, 0.5) is 5.82 Å². The molecule has 6 nitrogen and oxygen atoms in total. The lowest BCUT2D eigenvalue weighted by Crippen LogP contribution is -2.13. The van der Waals surface area contributed by atoms with E-state index >= 15 is 0 Å². The summed E-state index contributed by atoms with van der Waals surface area (Å²) in [6.45, 7) is 1.77. The van der Waals surface area contributed by atoms with Crippen LogP contribution in [-0.4, -0.2) is 34.7 Å². The number of ether oxygens (including phenoxy) is 1. The van der Waals surface area contributed by atoms with Crippen LogP contribution in [0.3, 0.4) is 0 Å². The predicted molar refractivity (Wildman–Crippen MR) is 74.9 cm³/mol. The molecular formula is C14H15N3O3. The van der Waals surface area contributed by atoms with E-state index in [1.807, 2.05) is 25.1 Å². The number of anilines is 1. The van der Waals surface area contributed by atoms with Crippen LogP contribution in [0.25, 0.3) is 11.3 Å². The standard InChI is InChI=1S/C14H15N3O3/c1-9-5-10(3-4-12(9)20-2)11-6-13(17-8-16-11)15-7-14(18)19/h3-6,8H,7H2,1-2H3,(H,18,19)(H,15,16,17). The molecule has 1 aromatic carbocycles. The van der Waals surface area contributed by atoms with E-state index in [2.05, 4.69) is 15.3 Å². The highest BCUT2D eigenvalue weighted by molar-refractivity contribution is 5.73. The molecule has 0 aliphatic rings. The maximum atomic E-state index is 10.5. The van der Waals surface area contributed by atoms with Crippen molar-refractivity contribution in [2.45, 2.75) is 6.92 Å². The lowest BCUT2D eigenvalue weighted by atomic mass is 10.1. The number of aryl methyl sites for hydroxylation is 1. The zero-order valence-electron chi connectivity index (χ0n) is 11.3. The van der Waals surface area contributed by atoms with Crippen LogP contribution in [-0.2, 0) is 4.79 Å². The number of carbonyl (C=O) groups is 1. The van der Waals surface area contributed by atoms with Gasteiger partial charge in [-0.3, -0.25) is 4.79 Å². The van der Waals surface area contributed by atoms with E-state index in [1.165, 1.54) is 6.33 Å². The van der Waals surface area contributed by atoms with Gasteiger partial charge in [-0.2, -0.15) is 0 Å². The Labute approximate surface area is 116 Å². The second kappa shape index (κ2) is 6.01. The van der Waals surface area contributed by atoms with Crippen molar-refractivity contribution in [3.8, 4) is 17.0 Å². The van der Waals surface area contributed by atoms with Crippen LogP contribution >= 0.6 is 0 Å². The molecule has 0 saturated carbocycles. The summed E-state index contributed by atoms with van der Waals surface area (Å²) in [6.07, 6.45) is 1.40. The molecule has 0 bridgehead atoms. The zero-order chi connectivity index (χ0) is 14.5. The fourth-order valence-electron chi connectivity index (χ4n) is 1.82. The highest BCUT2D eigenvalue weighted by atomic mass is 16.5. The molecule has 0 aliphatic carbocycles. The topological polar surface area (TPSA) is 84.3 Å². The number of carboxylic acids is 1. The van der Waals surface area contributed by atoms with Gasteiger partial charge < -0.3 is 15.2 Å². The minimum absolute atomic E-state index is 0.182. The summed E-state index contributed by atoms with van der Waals surface area (Å²) in [4.78, 5) is 18.7. The molecular weight excluding hydrogens is 258 g/mol. The molecule has 0 fully saturated rings. The summed E-state index contributed by atoms with van der Waals surface area (Å²) >= 11 is 0. The lowest BCUT2D eigenvalue weighted by Gasteiger charge is -2.08. The Morgan fingerprint density at radius 1 is 1.35 bits per heavy atom. The number of aliphatic carboxylic acids is 1. The Hall–Kier alpha value is -2.63. The van der Waals surface area contributed by atoms with Gasteiger partial charge in [0, 0.05) is 11.6 Å². The van der Waals surface area contributed by atoms with Crippen LogP contribution in [0.15, 0.2) is 30.6 Å². The number of aromatic nitrogens is 2. The predicted octanol–water partition coefficient (Wildman–Crippen LogP) is 1.96. The minimum atomic E-state index is -0.939. The highest BCUT2D eigenvalue weighted by Gasteiger charge is 2.06. The van der Waals surface area contributed by atoms with Crippen molar-refractivity contribution in [3.05, 3.63) is 36.2 Å². The van der Waals surface area contributed by atoms with E-state index < -0.39 is 5.97 Å². The summed E-state index contributed by atoms with van der Waals surface area (Å²) in [5.41, 5.74) is 2.64. The number of hydrogen-bond donors (Lipinski definition) is 2. The van der Waals surface area contributed by atoms with Crippen LogP contribution < -0.4 is 10.1 Å². The van der Waals surface area contributed by atoms with Gasteiger partial charge >= 0.3 is 5.97 Å². The molecule has 0 unspecified atom stereocenters. The molecule has 6 heteroatoms. The fraction of sp³-hybridized carbons (Fsp3) is 0.214. The minimum Gasteiger partial charge on any atom is -0.496 e. The molecule has 20 heavy (non-hydrogen) atoms. The van der Waals surface area contributed by atoms with Crippen LogP contribution in [0.1, 0.15) is 5.56 Å². The Bertz CT molecular complexity index is 629. The fourth-order valence-corrected chi connectivity index (χ4v) is 1.82. The molecule has 2 aromatic rings. The van der Waals surface area contributed by atoms with Crippen molar-refractivity contribution in [2.75, 3.05) is 19.0 Å². The number of carboxylic acid groups (broad SMARTS) is 1. The summed E-state index contributed by atoms with van der Waals surface area (Å²) in [5.74, 6) is 0.350. The first-order valence-electron chi connectivity index (χ1n) is 6.03. The quantitative estimate of drug-likeness (QED) is 0.866. The summed E-state index contributed by atoms with van der Waals surface area (Å²) in [7, 11) is 1.63. The molecule has 104 valence electrons. The van der Waals surface area contributed by atoms with Gasteiger partial charge in [0.2, 0.25) is 0 Å². The zero-order valence-corrected chi connectivity index (χ0v) is 11.3. The van der Waals surface area contributed by atoms with E-state index in [1.54, 1.807) is 13.2 Å². The van der Waals surface area contributed by atoms with Gasteiger partial charge in [0.05, 0.1) is 12.8 Å². The van der Waals surface area contributed by atoms with Gasteiger partial charge in [-0.05, 0) is 30.7 Å². The summed E-state index contributed by atoms with van der Waals surface area (Å²) in [5, 5.41) is 11.4. The first kappa shape index (κ1) is 13.8. The molecule has 0 aliphatic heterocycles. The normalized spacial score (nSPS) is 10.1. The molecule has 0 spiro atoms. The molecule has 1 aromatic heterocycles. The van der Waals surface area contributed by atoms with Gasteiger partial charge in [0.1, 0.15) is 24.4 Å². The van der Waals surface area contributed by atoms with Crippen LogP contribution in [0.5, 0.6) is 5.75 Å². The van der Waals surface area contributed by atoms with Crippen molar-refractivity contribution in [2.24, 2.45) is 0 Å². The number of benzene rings is 1. The molecule has 0 atom stereocenters. The third kappa shape index (κ3) is 3.23. The van der Waals surface area contributed by atoms with Gasteiger partial charge in [-0.15, -0.1) is 0 Å². The highest BCUT2D eigenvalue weighted by Crippen LogP contribution is 2.25. The third-order valence-electron chi connectivity index (χ3n) is 2.78. The van der Waals surface area contributed by atoms with Gasteiger partial charge in [0.15, 0.2) is 0 Å². The molecule has 2 rings (SSSR count). The second-order valence-electron chi connectivity index (χ2n) is 4.22. The van der Waals surface area contributed by atoms with Crippen molar-refractivity contribution >= 4 is 11.8 Å². The third-order valence-corrected chi connectivity index (χ3v) is 2.78. The molecule has 0 amide bonds. The van der Waals surface area contributed by atoms with E-state index in [4.69, 9.17) is 9.84 Å². The Balaban J connectivity index is 2.26. The number of nitrogens with one attached hydrogen (secondary N) is 1. The smallest absolute Gasteiger partial charge is 0.322 e. The summed E-state index contributed by atoms with van der Waals surface area (Å²) in [6, 6.07) is 7.44. The van der Waals surface area contributed by atoms with Crippen molar-refractivity contribution < 1.29 is 14.6 Å². The van der Waals surface area contributed by atoms with Gasteiger partial charge in [-0.25, -0.2) is 9.97 Å². The maximum absolute atomic E-state index is 10.5. The number of rotatable bonds is 5. The van der Waals surface area contributed by atoms with Crippen molar-refractivity contribution in [1.82, 2.24) is 9.97 Å². The van der Waals surface area contributed by atoms with Gasteiger partial charge in [0.25, 0.3) is 0 Å².